The number of rotatable bonds is 5. The number of aromatic nitrogens is 1. The van der Waals surface area contributed by atoms with Crippen LogP contribution in [0.4, 0.5) is 0 Å². The van der Waals surface area contributed by atoms with E-state index in [1.54, 1.807) is 6.92 Å². The highest BCUT2D eigenvalue weighted by atomic mass is 16.5. The molecule has 4 heteroatoms. The Morgan fingerprint density at radius 1 is 1.22 bits per heavy atom. The van der Waals surface area contributed by atoms with E-state index in [0.29, 0.717) is 18.9 Å². The summed E-state index contributed by atoms with van der Waals surface area (Å²) in [5.41, 5.74) is 3.54. The van der Waals surface area contributed by atoms with Crippen molar-refractivity contribution < 1.29 is 13.9 Å². The Balaban J connectivity index is 1.84. The van der Waals surface area contributed by atoms with Gasteiger partial charge in [0.1, 0.15) is 5.52 Å². The number of fused-ring (bicyclic) bond motifs is 1. The molecule has 0 amide bonds. The minimum Gasteiger partial charge on any atom is -0.466 e. The number of esters is 1. The highest BCUT2D eigenvalue weighted by molar-refractivity contribution is 5.81. The maximum atomic E-state index is 11.9. The molecule has 0 aliphatic rings. The van der Waals surface area contributed by atoms with Crippen molar-refractivity contribution in [3.05, 3.63) is 65.5 Å². The molecule has 0 bridgehead atoms. The van der Waals surface area contributed by atoms with Gasteiger partial charge >= 0.3 is 5.97 Å². The third-order valence-electron chi connectivity index (χ3n) is 3.79. The van der Waals surface area contributed by atoms with Gasteiger partial charge in [0.15, 0.2) is 11.5 Å². The van der Waals surface area contributed by atoms with Gasteiger partial charge in [-0.1, -0.05) is 36.4 Å². The van der Waals surface area contributed by atoms with E-state index < -0.39 is 0 Å². The maximum absolute atomic E-state index is 11.9. The molecule has 0 fully saturated rings. The summed E-state index contributed by atoms with van der Waals surface area (Å²) in [5, 5.41) is 0. The van der Waals surface area contributed by atoms with Gasteiger partial charge in [0.25, 0.3) is 0 Å². The van der Waals surface area contributed by atoms with Gasteiger partial charge in [-0.15, -0.1) is 0 Å². The van der Waals surface area contributed by atoms with Crippen molar-refractivity contribution in [2.45, 2.75) is 26.2 Å². The fraction of sp³-hybridized carbons (Fsp3) is 0.263. The minimum absolute atomic E-state index is 0.222. The largest absolute Gasteiger partial charge is 0.466 e. The number of carbonyl (C=O) groups excluding carboxylic acids is 1. The van der Waals surface area contributed by atoms with Gasteiger partial charge in [-0.05, 0) is 37.1 Å². The molecule has 0 spiro atoms. The molecule has 0 aliphatic heterocycles. The smallest absolute Gasteiger partial charge is 0.313 e. The lowest BCUT2D eigenvalue weighted by Gasteiger charge is -2.10. The summed E-state index contributed by atoms with van der Waals surface area (Å²) < 4.78 is 10.9. The Morgan fingerprint density at radius 3 is 2.74 bits per heavy atom. The molecule has 3 rings (SSSR count). The predicted molar refractivity (Wildman–Crippen MR) is 88.3 cm³/mol. The van der Waals surface area contributed by atoms with Gasteiger partial charge in [-0.3, -0.25) is 4.79 Å². The van der Waals surface area contributed by atoms with Gasteiger partial charge in [0.2, 0.25) is 0 Å². The van der Waals surface area contributed by atoms with E-state index in [1.807, 2.05) is 55.5 Å². The summed E-state index contributed by atoms with van der Waals surface area (Å²) >= 11 is 0. The van der Waals surface area contributed by atoms with E-state index in [2.05, 4.69) is 4.98 Å². The Morgan fingerprint density at radius 2 is 2.00 bits per heavy atom. The summed E-state index contributed by atoms with van der Waals surface area (Å²) in [6, 6.07) is 15.7. The zero-order valence-corrected chi connectivity index (χ0v) is 13.3. The molecule has 23 heavy (non-hydrogen) atoms. The van der Waals surface area contributed by atoms with Gasteiger partial charge < -0.3 is 9.15 Å². The van der Waals surface area contributed by atoms with Crippen LogP contribution in [0.15, 0.2) is 52.9 Å². The number of carbonyl (C=O) groups is 1. The highest BCUT2D eigenvalue weighted by Crippen LogP contribution is 2.24. The van der Waals surface area contributed by atoms with Crippen molar-refractivity contribution in [1.29, 1.82) is 0 Å². The van der Waals surface area contributed by atoms with Crippen LogP contribution in [0.2, 0.25) is 0 Å². The van der Waals surface area contributed by atoms with Crippen molar-refractivity contribution in [3.8, 4) is 0 Å². The second-order valence-electron chi connectivity index (χ2n) is 5.47. The van der Waals surface area contributed by atoms with Crippen molar-refractivity contribution in [2.24, 2.45) is 0 Å². The highest BCUT2D eigenvalue weighted by Gasteiger charge is 2.17. The van der Waals surface area contributed by atoms with Crippen LogP contribution in [-0.2, 0) is 16.0 Å². The molecule has 4 nitrogen and oxygen atoms in total. The van der Waals surface area contributed by atoms with Crippen LogP contribution in [0.25, 0.3) is 11.1 Å². The summed E-state index contributed by atoms with van der Waals surface area (Å²) in [5.74, 6) is 0.139. The number of hydrogen-bond acceptors (Lipinski definition) is 4. The quantitative estimate of drug-likeness (QED) is 0.666. The van der Waals surface area contributed by atoms with E-state index >= 15 is 0 Å². The third kappa shape index (κ3) is 3.42. The molecular formula is C19H19NO3. The standard InChI is InChI=1S/C19H19NO3/c1-3-22-19(21)13(2)15-9-10-17-16(12-15)20-18(23-17)11-14-7-5-4-6-8-14/h4-10,12-13H,3,11H2,1-2H3. The van der Waals surface area contributed by atoms with E-state index in [9.17, 15) is 4.79 Å². The normalized spacial score (nSPS) is 12.3. The van der Waals surface area contributed by atoms with Crippen LogP contribution < -0.4 is 0 Å². The van der Waals surface area contributed by atoms with Crippen LogP contribution in [0.5, 0.6) is 0 Å². The van der Waals surface area contributed by atoms with E-state index in [0.717, 1.165) is 22.2 Å². The first-order valence-electron chi connectivity index (χ1n) is 7.77. The summed E-state index contributed by atoms with van der Waals surface area (Å²) in [4.78, 5) is 16.4. The molecule has 1 aromatic heterocycles. The minimum atomic E-state index is -0.311. The number of ether oxygens (including phenoxy) is 1. The molecule has 0 saturated carbocycles. The SMILES string of the molecule is CCOC(=O)C(C)c1ccc2oc(Cc3ccccc3)nc2c1. The average molecular weight is 309 g/mol. The molecule has 1 atom stereocenters. The topological polar surface area (TPSA) is 52.3 Å². The van der Waals surface area contributed by atoms with E-state index in [4.69, 9.17) is 9.15 Å². The average Bonchev–Trinajstić information content (AvgIpc) is 2.96. The Hall–Kier alpha value is -2.62. The fourth-order valence-electron chi connectivity index (χ4n) is 2.51. The second kappa shape index (κ2) is 6.65. The first kappa shape index (κ1) is 15.3. The number of hydrogen-bond donors (Lipinski definition) is 0. The maximum Gasteiger partial charge on any atom is 0.313 e. The first-order valence-corrected chi connectivity index (χ1v) is 7.77. The van der Waals surface area contributed by atoms with Gasteiger partial charge in [0, 0.05) is 6.42 Å². The molecule has 1 heterocycles. The first-order chi connectivity index (χ1) is 11.2. The van der Waals surface area contributed by atoms with E-state index in [-0.39, 0.29) is 11.9 Å². The summed E-state index contributed by atoms with van der Waals surface area (Å²) in [7, 11) is 0. The van der Waals surface area contributed by atoms with Crippen molar-refractivity contribution >= 4 is 17.1 Å². The van der Waals surface area contributed by atoms with Crippen LogP contribution in [0.1, 0.15) is 36.8 Å². The molecule has 0 aliphatic carbocycles. The lowest BCUT2D eigenvalue weighted by atomic mass is 10.0. The zero-order valence-electron chi connectivity index (χ0n) is 13.3. The van der Waals surface area contributed by atoms with Crippen molar-refractivity contribution in [2.75, 3.05) is 6.61 Å². The molecule has 1 unspecified atom stereocenters. The lowest BCUT2D eigenvalue weighted by Crippen LogP contribution is -2.12. The van der Waals surface area contributed by atoms with Gasteiger partial charge in [-0.25, -0.2) is 4.98 Å². The van der Waals surface area contributed by atoms with Crippen LogP contribution in [0, 0.1) is 0 Å². The molecule has 0 N–H and O–H groups in total. The molecule has 2 aromatic carbocycles. The third-order valence-corrected chi connectivity index (χ3v) is 3.79. The van der Waals surface area contributed by atoms with Gasteiger partial charge in [0.05, 0.1) is 12.5 Å². The van der Waals surface area contributed by atoms with Crippen LogP contribution >= 0.6 is 0 Å². The van der Waals surface area contributed by atoms with E-state index in [1.165, 1.54) is 0 Å². The summed E-state index contributed by atoms with van der Waals surface area (Å²) in [6.07, 6.45) is 0.651. The van der Waals surface area contributed by atoms with Crippen molar-refractivity contribution in [1.82, 2.24) is 4.98 Å². The molecular weight excluding hydrogens is 290 g/mol. The fourth-order valence-corrected chi connectivity index (χ4v) is 2.51. The molecule has 3 aromatic rings. The second-order valence-corrected chi connectivity index (χ2v) is 5.47. The molecule has 0 radical (unpaired) electrons. The number of oxazole rings is 1. The van der Waals surface area contributed by atoms with Crippen molar-refractivity contribution in [3.63, 3.8) is 0 Å². The van der Waals surface area contributed by atoms with Crippen LogP contribution in [0.3, 0.4) is 0 Å². The Bertz CT molecular complexity index is 808. The Kier molecular flexibility index (Phi) is 4.42. The number of nitrogens with zero attached hydrogens (tertiary/aromatic N) is 1. The lowest BCUT2D eigenvalue weighted by molar-refractivity contribution is -0.144. The van der Waals surface area contributed by atoms with Gasteiger partial charge in [-0.2, -0.15) is 0 Å². The molecule has 0 saturated heterocycles. The monoisotopic (exact) mass is 309 g/mol. The number of benzene rings is 2. The predicted octanol–water partition coefficient (Wildman–Crippen LogP) is 4.09. The van der Waals surface area contributed by atoms with Crippen LogP contribution in [-0.4, -0.2) is 17.6 Å². The zero-order chi connectivity index (χ0) is 16.2. The Labute approximate surface area is 135 Å². The summed E-state index contributed by atoms with van der Waals surface area (Å²) in [6.45, 7) is 4.03. The molecule has 118 valence electrons.